The molecule has 0 bridgehead atoms. The van der Waals surface area contributed by atoms with Crippen LogP contribution in [0.2, 0.25) is 0 Å². The van der Waals surface area contributed by atoms with E-state index in [2.05, 4.69) is 15.0 Å². The van der Waals surface area contributed by atoms with E-state index in [0.717, 1.165) is 24.3 Å². The summed E-state index contributed by atoms with van der Waals surface area (Å²) in [5.41, 5.74) is 1.90. The van der Waals surface area contributed by atoms with E-state index in [1.165, 1.54) is 16.8 Å². The summed E-state index contributed by atoms with van der Waals surface area (Å²) in [6.45, 7) is 5.24. The van der Waals surface area contributed by atoms with Gasteiger partial charge in [-0.15, -0.1) is 0 Å². The number of nitrogens with zero attached hydrogens (tertiary/aromatic N) is 4. The molecule has 0 unspecified atom stereocenters. The third kappa shape index (κ3) is 5.89. The van der Waals surface area contributed by atoms with E-state index in [0.29, 0.717) is 44.7 Å². The van der Waals surface area contributed by atoms with Crippen molar-refractivity contribution in [3.05, 3.63) is 63.7 Å². The van der Waals surface area contributed by atoms with Gasteiger partial charge in [0, 0.05) is 51.4 Å². The van der Waals surface area contributed by atoms with E-state index in [-0.39, 0.29) is 29.3 Å². The molecule has 1 saturated heterocycles. The summed E-state index contributed by atoms with van der Waals surface area (Å²) in [7, 11) is 1.63. The number of carbonyl (C=O) groups excluding carboxylic acids is 2. The van der Waals surface area contributed by atoms with Crippen LogP contribution in [0.5, 0.6) is 5.75 Å². The predicted octanol–water partition coefficient (Wildman–Crippen LogP) is 1.87. The van der Waals surface area contributed by atoms with E-state index in [1.807, 2.05) is 29.2 Å². The van der Waals surface area contributed by atoms with Crippen molar-refractivity contribution < 1.29 is 19.1 Å². The summed E-state index contributed by atoms with van der Waals surface area (Å²) in [4.78, 5) is 46.2. The van der Waals surface area contributed by atoms with E-state index >= 15 is 0 Å². The molecule has 186 valence electrons. The van der Waals surface area contributed by atoms with Gasteiger partial charge in [-0.2, -0.15) is 0 Å². The van der Waals surface area contributed by atoms with Gasteiger partial charge < -0.3 is 14.4 Å². The lowest BCUT2D eigenvalue weighted by atomic mass is 10.1. The van der Waals surface area contributed by atoms with Crippen molar-refractivity contribution in [1.82, 2.24) is 24.4 Å². The number of H-pyrrole nitrogens is 1. The zero-order valence-electron chi connectivity index (χ0n) is 20.2. The molecule has 10 heteroatoms. The Hall–Kier alpha value is -3.66. The molecular weight excluding hydrogens is 450 g/mol. The first-order chi connectivity index (χ1) is 17.0. The molecule has 0 aliphatic carbocycles. The Morgan fingerprint density at radius 2 is 1.91 bits per heavy atom. The molecule has 35 heavy (non-hydrogen) atoms. The van der Waals surface area contributed by atoms with Crippen LogP contribution in [0.4, 0.5) is 0 Å². The molecule has 0 atom stereocenters. The maximum Gasteiger partial charge on any atom is 0.343 e. The van der Waals surface area contributed by atoms with Crippen molar-refractivity contribution >= 4 is 17.5 Å². The van der Waals surface area contributed by atoms with Crippen molar-refractivity contribution in [2.75, 3.05) is 39.9 Å². The number of rotatable bonds is 8. The summed E-state index contributed by atoms with van der Waals surface area (Å²) in [5.74, 6) is 0.429. The average molecular weight is 482 g/mol. The van der Waals surface area contributed by atoms with Crippen LogP contribution in [0.3, 0.4) is 0 Å². The van der Waals surface area contributed by atoms with Gasteiger partial charge in [-0.05, 0) is 37.5 Å². The van der Waals surface area contributed by atoms with Crippen LogP contribution in [0, 0.1) is 0 Å². The number of nitrogens with one attached hydrogen (secondary N) is 1. The van der Waals surface area contributed by atoms with Gasteiger partial charge in [-0.25, -0.2) is 14.3 Å². The van der Waals surface area contributed by atoms with Gasteiger partial charge in [0.25, 0.3) is 5.56 Å². The number of hydrogen-bond donors (Lipinski definition) is 1. The van der Waals surface area contributed by atoms with Gasteiger partial charge in [0.05, 0.1) is 19.4 Å². The SMILES string of the molecule is CCOC(=O)c1c[nH]n2c(=O)cc(CN3CCCN(C(=O)CCc4ccc(OC)cc4)CC3)nc12. The third-order valence-corrected chi connectivity index (χ3v) is 6.16. The minimum Gasteiger partial charge on any atom is -0.497 e. The zero-order chi connectivity index (χ0) is 24.8. The Balaban J connectivity index is 1.36. The fourth-order valence-electron chi connectivity index (χ4n) is 4.28. The number of benzene rings is 1. The molecule has 1 aromatic carbocycles. The second-order valence-corrected chi connectivity index (χ2v) is 8.51. The normalized spacial score (nSPS) is 14.6. The Morgan fingerprint density at radius 1 is 1.11 bits per heavy atom. The number of ether oxygens (including phenoxy) is 2. The first kappa shape index (κ1) is 24.5. The lowest BCUT2D eigenvalue weighted by Crippen LogP contribution is -2.35. The van der Waals surface area contributed by atoms with Crippen LogP contribution in [-0.2, 0) is 22.5 Å². The monoisotopic (exact) mass is 481 g/mol. The second kappa shape index (κ2) is 11.2. The standard InChI is InChI=1S/C25H31N5O5/c1-3-35-25(33)21-16-26-30-23(32)15-19(27-24(21)30)17-28-11-4-12-29(14-13-28)22(31)10-7-18-5-8-20(34-2)9-6-18/h5-6,8-9,15-16,26H,3-4,7,10-14,17H2,1-2H3. The number of hydrogen-bond acceptors (Lipinski definition) is 7. The highest BCUT2D eigenvalue weighted by molar-refractivity contribution is 5.95. The molecular formula is C25H31N5O5. The number of carbonyl (C=O) groups is 2. The molecule has 10 nitrogen and oxygen atoms in total. The first-order valence-corrected chi connectivity index (χ1v) is 11.9. The van der Waals surface area contributed by atoms with Gasteiger partial charge >= 0.3 is 5.97 Å². The predicted molar refractivity (Wildman–Crippen MR) is 130 cm³/mol. The largest absolute Gasteiger partial charge is 0.497 e. The van der Waals surface area contributed by atoms with Crippen molar-refractivity contribution in [1.29, 1.82) is 0 Å². The quantitative estimate of drug-likeness (QED) is 0.489. The van der Waals surface area contributed by atoms with Gasteiger partial charge in [-0.3, -0.25) is 19.6 Å². The van der Waals surface area contributed by atoms with Crippen molar-refractivity contribution in [3.63, 3.8) is 0 Å². The Bertz CT molecular complexity index is 1230. The number of esters is 1. The van der Waals surface area contributed by atoms with Crippen LogP contribution < -0.4 is 10.3 Å². The van der Waals surface area contributed by atoms with Crippen LogP contribution in [-0.4, -0.2) is 76.2 Å². The maximum absolute atomic E-state index is 12.8. The Morgan fingerprint density at radius 3 is 2.66 bits per heavy atom. The van der Waals surface area contributed by atoms with Gasteiger partial charge in [0.1, 0.15) is 11.3 Å². The molecule has 1 N–H and O–H groups in total. The highest BCUT2D eigenvalue weighted by atomic mass is 16.5. The number of methoxy groups -OCH3 is 1. The third-order valence-electron chi connectivity index (χ3n) is 6.16. The molecule has 0 spiro atoms. The molecule has 1 fully saturated rings. The molecule has 0 radical (unpaired) electrons. The zero-order valence-corrected chi connectivity index (χ0v) is 20.2. The Kier molecular flexibility index (Phi) is 7.81. The van der Waals surface area contributed by atoms with E-state index < -0.39 is 5.97 Å². The number of fused-ring (bicyclic) bond motifs is 1. The molecule has 1 aliphatic heterocycles. The molecule has 2 aromatic heterocycles. The van der Waals surface area contributed by atoms with Gasteiger partial charge in [-0.1, -0.05) is 12.1 Å². The summed E-state index contributed by atoms with van der Waals surface area (Å²) in [5, 5.41) is 2.76. The first-order valence-electron chi connectivity index (χ1n) is 11.9. The fraction of sp³-hybridized carbons (Fsp3) is 0.440. The van der Waals surface area contributed by atoms with Crippen molar-refractivity contribution in [2.24, 2.45) is 0 Å². The molecule has 0 saturated carbocycles. The van der Waals surface area contributed by atoms with Gasteiger partial charge in [0.2, 0.25) is 5.91 Å². The van der Waals surface area contributed by atoms with Crippen LogP contribution in [0.1, 0.15) is 41.4 Å². The second-order valence-electron chi connectivity index (χ2n) is 8.51. The molecule has 3 heterocycles. The topological polar surface area (TPSA) is 109 Å². The van der Waals surface area contributed by atoms with Crippen LogP contribution in [0.15, 0.2) is 41.3 Å². The number of amides is 1. The highest BCUT2D eigenvalue weighted by Crippen LogP contribution is 2.15. The maximum atomic E-state index is 12.8. The van der Waals surface area contributed by atoms with E-state index in [4.69, 9.17) is 9.47 Å². The number of aromatic nitrogens is 3. The highest BCUT2D eigenvalue weighted by Gasteiger charge is 2.21. The van der Waals surface area contributed by atoms with Crippen molar-refractivity contribution in [3.8, 4) is 5.75 Å². The van der Waals surface area contributed by atoms with Crippen LogP contribution in [0.25, 0.3) is 5.65 Å². The summed E-state index contributed by atoms with van der Waals surface area (Å²) in [6, 6.07) is 9.26. The molecule has 1 aliphatic rings. The van der Waals surface area contributed by atoms with Crippen molar-refractivity contribution in [2.45, 2.75) is 32.7 Å². The van der Waals surface area contributed by atoms with E-state index in [9.17, 15) is 14.4 Å². The Labute approximate surface area is 203 Å². The molecule has 3 aromatic rings. The molecule has 4 rings (SSSR count). The fourth-order valence-corrected chi connectivity index (χ4v) is 4.28. The minimum absolute atomic E-state index is 0.145. The number of aryl methyl sites for hydroxylation is 1. The average Bonchev–Trinajstić information content (AvgIpc) is 3.15. The summed E-state index contributed by atoms with van der Waals surface area (Å²) >= 11 is 0. The minimum atomic E-state index is -0.520. The van der Waals surface area contributed by atoms with Gasteiger partial charge in [0.15, 0.2) is 5.65 Å². The molecule has 1 amide bonds. The lowest BCUT2D eigenvalue weighted by molar-refractivity contribution is -0.131. The smallest absolute Gasteiger partial charge is 0.343 e. The lowest BCUT2D eigenvalue weighted by Gasteiger charge is -2.22. The summed E-state index contributed by atoms with van der Waals surface area (Å²) in [6.07, 6.45) is 3.43. The van der Waals surface area contributed by atoms with Crippen LogP contribution >= 0.6 is 0 Å². The summed E-state index contributed by atoms with van der Waals surface area (Å²) < 4.78 is 11.5. The number of aromatic amines is 1. The van der Waals surface area contributed by atoms with E-state index in [1.54, 1.807) is 14.0 Å².